The van der Waals surface area contributed by atoms with Gasteiger partial charge in [0.25, 0.3) is 0 Å². The third kappa shape index (κ3) is 3.07. The Hall–Kier alpha value is -0.970. The molecular formula is C14H24N4. The molecule has 0 bridgehead atoms. The summed E-state index contributed by atoms with van der Waals surface area (Å²) in [5, 5.41) is 3.41. The number of piperazine rings is 1. The highest BCUT2D eigenvalue weighted by atomic mass is 15.3. The van der Waals surface area contributed by atoms with E-state index in [1.807, 2.05) is 12.3 Å². The Balaban J connectivity index is 2.14. The monoisotopic (exact) mass is 248 g/mol. The van der Waals surface area contributed by atoms with Crippen LogP contribution in [0.2, 0.25) is 0 Å². The number of likely N-dealkylation sites (N-methyl/N-ethyl adjacent to an activating group) is 1. The van der Waals surface area contributed by atoms with Gasteiger partial charge >= 0.3 is 0 Å². The summed E-state index contributed by atoms with van der Waals surface area (Å²) >= 11 is 0. The number of hydrogen-bond donors (Lipinski definition) is 1. The van der Waals surface area contributed by atoms with Crippen molar-refractivity contribution >= 4 is 0 Å². The first-order valence-corrected chi connectivity index (χ1v) is 6.72. The van der Waals surface area contributed by atoms with Crippen molar-refractivity contribution in [3.8, 4) is 0 Å². The van der Waals surface area contributed by atoms with Crippen molar-refractivity contribution in [3.05, 3.63) is 30.1 Å². The van der Waals surface area contributed by atoms with Gasteiger partial charge in [0.15, 0.2) is 0 Å². The average molecular weight is 248 g/mol. The number of nitrogens with zero attached hydrogens (tertiary/aromatic N) is 3. The third-order valence-electron chi connectivity index (χ3n) is 3.73. The van der Waals surface area contributed by atoms with E-state index in [0.29, 0.717) is 12.1 Å². The van der Waals surface area contributed by atoms with E-state index < -0.39 is 0 Å². The Morgan fingerprint density at radius 1 is 1.28 bits per heavy atom. The molecule has 1 aromatic heterocycles. The minimum Gasteiger partial charge on any atom is -0.314 e. The van der Waals surface area contributed by atoms with Crippen molar-refractivity contribution in [1.82, 2.24) is 20.1 Å². The van der Waals surface area contributed by atoms with E-state index in [-0.39, 0.29) is 0 Å². The van der Waals surface area contributed by atoms with Crippen LogP contribution in [0.25, 0.3) is 0 Å². The largest absolute Gasteiger partial charge is 0.314 e. The zero-order valence-corrected chi connectivity index (χ0v) is 11.6. The van der Waals surface area contributed by atoms with Crippen LogP contribution in [-0.2, 0) is 0 Å². The maximum Gasteiger partial charge on any atom is 0.0670 e. The molecule has 2 atom stereocenters. The topological polar surface area (TPSA) is 31.4 Å². The fraction of sp³-hybridized carbons (Fsp3) is 0.643. The smallest absolute Gasteiger partial charge is 0.0670 e. The molecule has 0 aromatic carbocycles. The van der Waals surface area contributed by atoms with Gasteiger partial charge in [-0.1, -0.05) is 6.07 Å². The molecular weight excluding hydrogens is 224 g/mol. The molecule has 1 fully saturated rings. The molecule has 0 spiro atoms. The molecule has 4 heteroatoms. The van der Waals surface area contributed by atoms with E-state index >= 15 is 0 Å². The van der Waals surface area contributed by atoms with Gasteiger partial charge in [-0.3, -0.25) is 14.8 Å². The lowest BCUT2D eigenvalue weighted by Gasteiger charge is -2.39. The molecule has 1 aliphatic rings. The molecule has 1 N–H and O–H groups in total. The van der Waals surface area contributed by atoms with Crippen molar-refractivity contribution < 1.29 is 0 Å². The van der Waals surface area contributed by atoms with Gasteiger partial charge in [-0.2, -0.15) is 0 Å². The van der Waals surface area contributed by atoms with Crippen LogP contribution >= 0.6 is 0 Å². The average Bonchev–Trinajstić information content (AvgIpc) is 2.40. The quantitative estimate of drug-likeness (QED) is 0.860. The maximum atomic E-state index is 4.53. The summed E-state index contributed by atoms with van der Waals surface area (Å²) in [6.45, 7) is 6.74. The molecule has 100 valence electrons. The van der Waals surface area contributed by atoms with Crippen LogP contribution in [0.15, 0.2) is 24.4 Å². The predicted molar refractivity (Wildman–Crippen MR) is 74.6 cm³/mol. The summed E-state index contributed by atoms with van der Waals surface area (Å²) in [6.07, 6.45) is 1.89. The molecule has 1 aliphatic heterocycles. The van der Waals surface area contributed by atoms with E-state index in [0.717, 1.165) is 31.9 Å². The molecule has 0 aliphatic carbocycles. The van der Waals surface area contributed by atoms with Gasteiger partial charge in [0.1, 0.15) is 0 Å². The third-order valence-corrected chi connectivity index (χ3v) is 3.73. The minimum atomic E-state index is 0.351. The minimum absolute atomic E-state index is 0.351. The fourth-order valence-electron chi connectivity index (χ4n) is 2.78. The Bertz CT molecular complexity index is 346. The number of hydrogen-bond acceptors (Lipinski definition) is 4. The second-order valence-corrected chi connectivity index (χ2v) is 5.19. The SMILES string of the molecule is CC(C(c1ccccn1)N(C)C)N1CCNCC1. The predicted octanol–water partition coefficient (Wildman–Crippen LogP) is 0.978. The standard InChI is InChI=1S/C14H24N4/c1-12(18-10-8-15-9-11-18)14(17(2)3)13-6-4-5-7-16-13/h4-7,12,14-15H,8-11H2,1-3H3. The van der Waals surface area contributed by atoms with E-state index in [1.165, 1.54) is 0 Å². The zero-order valence-electron chi connectivity index (χ0n) is 11.6. The second kappa shape index (κ2) is 6.27. The summed E-state index contributed by atoms with van der Waals surface area (Å²) in [5.74, 6) is 0. The van der Waals surface area contributed by atoms with Gasteiger partial charge in [-0.05, 0) is 33.2 Å². The number of rotatable bonds is 4. The molecule has 0 amide bonds. The molecule has 1 saturated heterocycles. The first-order chi connectivity index (χ1) is 8.70. The van der Waals surface area contributed by atoms with E-state index in [4.69, 9.17) is 0 Å². The Labute approximate surface area is 110 Å². The molecule has 2 heterocycles. The maximum absolute atomic E-state index is 4.53. The highest BCUT2D eigenvalue weighted by Crippen LogP contribution is 2.24. The molecule has 18 heavy (non-hydrogen) atoms. The fourth-order valence-corrected chi connectivity index (χ4v) is 2.78. The van der Waals surface area contributed by atoms with Crippen molar-refractivity contribution in [1.29, 1.82) is 0 Å². The number of nitrogens with one attached hydrogen (secondary N) is 1. The Morgan fingerprint density at radius 3 is 2.56 bits per heavy atom. The van der Waals surface area contributed by atoms with Crippen LogP contribution in [0.1, 0.15) is 18.7 Å². The van der Waals surface area contributed by atoms with E-state index in [1.54, 1.807) is 0 Å². The summed E-state index contributed by atoms with van der Waals surface area (Å²) in [7, 11) is 4.27. The van der Waals surface area contributed by atoms with Crippen molar-refractivity contribution in [3.63, 3.8) is 0 Å². The van der Waals surface area contributed by atoms with Crippen molar-refractivity contribution in [2.75, 3.05) is 40.3 Å². The van der Waals surface area contributed by atoms with Gasteiger partial charge in [-0.25, -0.2) is 0 Å². The zero-order chi connectivity index (χ0) is 13.0. The van der Waals surface area contributed by atoms with Crippen LogP contribution in [0.3, 0.4) is 0 Å². The van der Waals surface area contributed by atoms with E-state index in [2.05, 4.69) is 53.3 Å². The lowest BCUT2D eigenvalue weighted by Crippen LogP contribution is -2.51. The first-order valence-electron chi connectivity index (χ1n) is 6.72. The number of aromatic nitrogens is 1. The van der Waals surface area contributed by atoms with Crippen LogP contribution in [0, 0.1) is 0 Å². The summed E-state index contributed by atoms with van der Waals surface area (Å²) in [5.41, 5.74) is 1.16. The van der Waals surface area contributed by atoms with Gasteiger partial charge in [0.2, 0.25) is 0 Å². The molecule has 2 rings (SSSR count). The Kier molecular flexibility index (Phi) is 4.69. The normalized spacial score (nSPS) is 20.9. The molecule has 1 aromatic rings. The Morgan fingerprint density at radius 2 is 2.00 bits per heavy atom. The van der Waals surface area contributed by atoms with Gasteiger partial charge in [0, 0.05) is 38.4 Å². The van der Waals surface area contributed by atoms with Crippen molar-refractivity contribution in [2.24, 2.45) is 0 Å². The first kappa shape index (κ1) is 13.5. The highest BCUT2D eigenvalue weighted by molar-refractivity contribution is 5.11. The van der Waals surface area contributed by atoms with E-state index in [9.17, 15) is 0 Å². The highest BCUT2D eigenvalue weighted by Gasteiger charge is 2.28. The lowest BCUT2D eigenvalue weighted by atomic mass is 10.0. The summed E-state index contributed by atoms with van der Waals surface area (Å²) < 4.78 is 0. The van der Waals surface area contributed by atoms with Gasteiger partial charge in [0.05, 0.1) is 11.7 Å². The van der Waals surface area contributed by atoms with Gasteiger partial charge < -0.3 is 5.32 Å². The molecule has 4 nitrogen and oxygen atoms in total. The van der Waals surface area contributed by atoms with Crippen LogP contribution in [-0.4, -0.2) is 61.1 Å². The van der Waals surface area contributed by atoms with Crippen LogP contribution in [0.4, 0.5) is 0 Å². The lowest BCUT2D eigenvalue weighted by molar-refractivity contribution is 0.104. The molecule has 2 unspecified atom stereocenters. The van der Waals surface area contributed by atoms with Gasteiger partial charge in [-0.15, -0.1) is 0 Å². The van der Waals surface area contributed by atoms with Crippen LogP contribution < -0.4 is 5.32 Å². The van der Waals surface area contributed by atoms with Crippen LogP contribution in [0.5, 0.6) is 0 Å². The summed E-state index contributed by atoms with van der Waals surface area (Å²) in [6, 6.07) is 7.01. The number of pyridine rings is 1. The molecule has 0 radical (unpaired) electrons. The molecule has 0 saturated carbocycles. The summed E-state index contributed by atoms with van der Waals surface area (Å²) in [4.78, 5) is 9.36. The second-order valence-electron chi connectivity index (χ2n) is 5.19. The van der Waals surface area contributed by atoms with Crippen molar-refractivity contribution in [2.45, 2.75) is 19.0 Å².